The minimum atomic E-state index is -0.937. The number of rotatable bonds is 3. The van der Waals surface area contributed by atoms with Gasteiger partial charge in [-0.2, -0.15) is 0 Å². The van der Waals surface area contributed by atoms with Gasteiger partial charge in [0.25, 0.3) is 0 Å². The van der Waals surface area contributed by atoms with Crippen LogP contribution in [0.15, 0.2) is 28.7 Å². The van der Waals surface area contributed by atoms with E-state index >= 15 is 0 Å². The first-order valence-electron chi connectivity index (χ1n) is 4.73. The Labute approximate surface area is 95.9 Å². The van der Waals surface area contributed by atoms with Crippen LogP contribution >= 0.6 is 15.9 Å². The molecule has 2 N–H and O–H groups in total. The molecule has 1 aliphatic carbocycles. The lowest BCUT2D eigenvalue weighted by atomic mass is 9.93. The topological polar surface area (TPSA) is 57.5 Å². The molecule has 15 heavy (non-hydrogen) atoms. The van der Waals surface area contributed by atoms with Gasteiger partial charge in [-0.3, -0.25) is 4.79 Å². The van der Waals surface area contributed by atoms with Gasteiger partial charge in [0, 0.05) is 4.47 Å². The van der Waals surface area contributed by atoms with Crippen molar-refractivity contribution in [1.82, 2.24) is 0 Å². The molecule has 0 radical (unpaired) electrons. The average Bonchev–Trinajstić information content (AvgIpc) is 2.98. The van der Waals surface area contributed by atoms with Gasteiger partial charge in [0.05, 0.1) is 11.5 Å². The van der Waals surface area contributed by atoms with E-state index in [1.807, 2.05) is 0 Å². The third kappa shape index (κ3) is 1.79. The van der Waals surface area contributed by atoms with Crippen LogP contribution in [0.5, 0.6) is 0 Å². The van der Waals surface area contributed by atoms with Gasteiger partial charge in [0.1, 0.15) is 0 Å². The van der Waals surface area contributed by atoms with Gasteiger partial charge < -0.3 is 10.2 Å². The fourth-order valence-corrected chi connectivity index (χ4v) is 1.97. The first-order chi connectivity index (χ1) is 7.06. The van der Waals surface area contributed by atoms with E-state index in [2.05, 4.69) is 15.9 Å². The van der Waals surface area contributed by atoms with E-state index in [4.69, 9.17) is 5.11 Å². The Morgan fingerprint density at radius 1 is 1.33 bits per heavy atom. The molecule has 0 saturated heterocycles. The van der Waals surface area contributed by atoms with Crippen molar-refractivity contribution in [2.24, 2.45) is 5.41 Å². The average molecular weight is 271 g/mol. The molecule has 2 rings (SSSR count). The second kappa shape index (κ2) is 3.61. The quantitative estimate of drug-likeness (QED) is 0.887. The van der Waals surface area contributed by atoms with E-state index in [1.165, 1.54) is 0 Å². The number of hydrogen-bond donors (Lipinski definition) is 2. The maximum Gasteiger partial charge on any atom is 0.312 e. The maximum atomic E-state index is 11.0. The molecule has 0 heterocycles. The number of halogens is 1. The largest absolute Gasteiger partial charge is 0.481 e. The number of carboxylic acids is 1. The van der Waals surface area contributed by atoms with Crippen LogP contribution in [0.2, 0.25) is 0 Å². The van der Waals surface area contributed by atoms with Crippen LogP contribution in [0.25, 0.3) is 0 Å². The van der Waals surface area contributed by atoms with Crippen molar-refractivity contribution in [2.45, 2.75) is 18.9 Å². The number of carbonyl (C=O) groups is 1. The molecule has 80 valence electrons. The Hall–Kier alpha value is -0.870. The normalized spacial score (nSPS) is 19.6. The molecular weight excluding hydrogens is 260 g/mol. The molecule has 0 bridgehead atoms. The van der Waals surface area contributed by atoms with Crippen LogP contribution in [-0.2, 0) is 4.79 Å². The van der Waals surface area contributed by atoms with Gasteiger partial charge in [-0.15, -0.1) is 0 Å². The zero-order valence-electron chi connectivity index (χ0n) is 7.98. The van der Waals surface area contributed by atoms with E-state index in [0.717, 1.165) is 4.47 Å². The Kier molecular flexibility index (Phi) is 2.56. The van der Waals surface area contributed by atoms with E-state index in [-0.39, 0.29) is 0 Å². The molecule has 1 aliphatic rings. The lowest BCUT2D eigenvalue weighted by Crippen LogP contribution is -2.23. The third-order valence-corrected chi connectivity index (χ3v) is 3.45. The number of hydrogen-bond acceptors (Lipinski definition) is 2. The highest BCUT2D eigenvalue weighted by molar-refractivity contribution is 9.10. The van der Waals surface area contributed by atoms with Crippen molar-refractivity contribution in [3.63, 3.8) is 0 Å². The number of aliphatic carboxylic acids is 1. The van der Waals surface area contributed by atoms with Crippen LogP contribution in [-0.4, -0.2) is 16.2 Å². The van der Waals surface area contributed by atoms with Gasteiger partial charge in [-0.25, -0.2) is 0 Å². The molecule has 1 aromatic carbocycles. The monoisotopic (exact) mass is 270 g/mol. The van der Waals surface area contributed by atoms with Crippen LogP contribution in [0.3, 0.4) is 0 Å². The van der Waals surface area contributed by atoms with Crippen molar-refractivity contribution < 1.29 is 15.0 Å². The summed E-state index contributed by atoms with van der Waals surface area (Å²) in [5, 5.41) is 19.0. The summed E-state index contributed by atoms with van der Waals surface area (Å²) in [6, 6.07) is 7.10. The van der Waals surface area contributed by atoms with Crippen molar-refractivity contribution in [1.29, 1.82) is 0 Å². The fraction of sp³-hybridized carbons (Fsp3) is 0.364. The number of benzene rings is 1. The van der Waals surface area contributed by atoms with E-state index in [0.29, 0.717) is 18.4 Å². The summed E-state index contributed by atoms with van der Waals surface area (Å²) in [6.45, 7) is 0. The predicted octanol–water partition coefficient (Wildman–Crippen LogP) is 2.35. The molecule has 0 amide bonds. The molecule has 0 aliphatic heterocycles. The first-order valence-corrected chi connectivity index (χ1v) is 5.52. The molecule has 1 fully saturated rings. The third-order valence-electron chi connectivity index (χ3n) is 2.92. The highest BCUT2D eigenvalue weighted by atomic mass is 79.9. The molecule has 0 aromatic heterocycles. The van der Waals surface area contributed by atoms with Crippen LogP contribution < -0.4 is 0 Å². The summed E-state index contributed by atoms with van der Waals surface area (Å²) in [5.41, 5.74) is -0.272. The predicted molar refractivity (Wildman–Crippen MR) is 58.4 cm³/mol. The molecular formula is C11H11BrO3. The van der Waals surface area contributed by atoms with Crippen LogP contribution in [0.4, 0.5) is 0 Å². The van der Waals surface area contributed by atoms with E-state index < -0.39 is 17.5 Å². The Balaban J connectivity index is 2.25. The first kappa shape index (κ1) is 10.6. The number of aliphatic hydroxyl groups is 1. The SMILES string of the molecule is O=C(O)C1(C(O)c2ccc(Br)cc2)CC1. The van der Waals surface area contributed by atoms with Gasteiger partial charge in [-0.05, 0) is 30.5 Å². The standard InChI is InChI=1S/C11H11BrO3/c12-8-3-1-7(2-4-8)9(13)11(5-6-11)10(14)15/h1-4,9,13H,5-6H2,(H,14,15). The van der Waals surface area contributed by atoms with Crippen molar-refractivity contribution in [3.8, 4) is 0 Å². The molecule has 1 atom stereocenters. The smallest absolute Gasteiger partial charge is 0.312 e. The van der Waals surface area contributed by atoms with Crippen LogP contribution in [0.1, 0.15) is 24.5 Å². The Morgan fingerprint density at radius 2 is 1.87 bits per heavy atom. The van der Waals surface area contributed by atoms with Crippen molar-refractivity contribution in [2.75, 3.05) is 0 Å². The summed E-state index contributed by atoms with van der Waals surface area (Å²) >= 11 is 3.29. The lowest BCUT2D eigenvalue weighted by Gasteiger charge is -2.18. The Bertz CT molecular complexity index is 381. The molecule has 3 nitrogen and oxygen atoms in total. The van der Waals surface area contributed by atoms with E-state index in [9.17, 15) is 9.90 Å². The van der Waals surface area contributed by atoms with Gasteiger partial charge in [0.15, 0.2) is 0 Å². The summed E-state index contributed by atoms with van der Waals surface area (Å²) in [4.78, 5) is 11.0. The minimum Gasteiger partial charge on any atom is -0.481 e. The zero-order chi connectivity index (χ0) is 11.1. The maximum absolute atomic E-state index is 11.0. The molecule has 1 aromatic rings. The Morgan fingerprint density at radius 3 is 2.27 bits per heavy atom. The fourth-order valence-electron chi connectivity index (χ4n) is 1.70. The van der Waals surface area contributed by atoms with Gasteiger partial charge in [0.2, 0.25) is 0 Å². The van der Waals surface area contributed by atoms with Gasteiger partial charge in [-0.1, -0.05) is 28.1 Å². The van der Waals surface area contributed by atoms with Crippen molar-refractivity contribution >= 4 is 21.9 Å². The molecule has 0 spiro atoms. The molecule has 1 unspecified atom stereocenters. The number of carboxylic acid groups (broad SMARTS) is 1. The summed E-state index contributed by atoms with van der Waals surface area (Å²) < 4.78 is 0.915. The lowest BCUT2D eigenvalue weighted by molar-refractivity contribution is -0.148. The molecule has 4 heteroatoms. The second-order valence-corrected chi connectivity index (χ2v) is 4.83. The second-order valence-electron chi connectivity index (χ2n) is 3.92. The highest BCUT2D eigenvalue weighted by Crippen LogP contribution is 2.55. The summed E-state index contributed by atoms with van der Waals surface area (Å²) in [5.74, 6) is -0.905. The summed E-state index contributed by atoms with van der Waals surface area (Å²) in [6.07, 6.45) is 0.210. The zero-order valence-corrected chi connectivity index (χ0v) is 9.57. The van der Waals surface area contributed by atoms with E-state index in [1.54, 1.807) is 24.3 Å². The van der Waals surface area contributed by atoms with Crippen LogP contribution in [0, 0.1) is 5.41 Å². The molecule has 1 saturated carbocycles. The summed E-state index contributed by atoms with van der Waals surface area (Å²) in [7, 11) is 0. The van der Waals surface area contributed by atoms with Gasteiger partial charge >= 0.3 is 5.97 Å². The highest BCUT2D eigenvalue weighted by Gasteiger charge is 2.56. The minimum absolute atomic E-state index is 0.555. The van der Waals surface area contributed by atoms with Crippen molar-refractivity contribution in [3.05, 3.63) is 34.3 Å². The number of aliphatic hydroxyl groups excluding tert-OH is 1.